The van der Waals surface area contributed by atoms with Crippen molar-refractivity contribution in [2.24, 2.45) is 0 Å². The van der Waals surface area contributed by atoms with E-state index >= 15 is 0 Å². The molecule has 0 radical (unpaired) electrons. The summed E-state index contributed by atoms with van der Waals surface area (Å²) in [6, 6.07) is 8.38. The summed E-state index contributed by atoms with van der Waals surface area (Å²) in [6.07, 6.45) is 5.65. The van der Waals surface area contributed by atoms with Gasteiger partial charge in [-0.05, 0) is 42.0 Å². The number of rotatable bonds is 3. The van der Waals surface area contributed by atoms with Gasteiger partial charge in [-0.15, -0.1) is 0 Å². The highest BCUT2D eigenvalue weighted by atomic mass is 19.1. The number of benzene rings is 1. The molecule has 2 N–H and O–H groups in total. The lowest BCUT2D eigenvalue weighted by molar-refractivity contribution is 0.627. The van der Waals surface area contributed by atoms with Crippen molar-refractivity contribution >= 4 is 5.65 Å². The van der Waals surface area contributed by atoms with Crippen LogP contribution in [-0.4, -0.2) is 24.6 Å². The van der Waals surface area contributed by atoms with Gasteiger partial charge in [-0.3, -0.25) is 9.78 Å². The Kier molecular flexibility index (Phi) is 3.33. The zero-order chi connectivity index (χ0) is 18.5. The average molecular weight is 363 g/mol. The third kappa shape index (κ3) is 2.66. The summed E-state index contributed by atoms with van der Waals surface area (Å²) < 4.78 is 14.8. The molecule has 0 amide bonds. The number of imidazole rings is 1. The highest BCUT2D eigenvalue weighted by Crippen LogP contribution is 2.55. The zero-order valence-electron chi connectivity index (χ0n) is 14.0. The van der Waals surface area contributed by atoms with Gasteiger partial charge in [-0.1, -0.05) is 12.1 Å². The Hall–Kier alpha value is -3.55. The molecule has 0 spiro atoms. The van der Waals surface area contributed by atoms with Gasteiger partial charge >= 0.3 is 5.69 Å². The molecular formula is C19H14FN5O2. The standard InChI is InChI=1S/C19H14FN5O2/c20-11-3-1-10(2-4-11)12-7-13(12)14-8-16(24-25-6-5-21-17(14)25)15-9-22-19(27)23-18(15)26/h1-6,8-9,12-13H,7H2,(H2,22,23,26,27). The highest BCUT2D eigenvalue weighted by molar-refractivity contribution is 5.63. The van der Waals surface area contributed by atoms with Gasteiger partial charge in [0, 0.05) is 24.2 Å². The van der Waals surface area contributed by atoms with Crippen molar-refractivity contribution in [3.8, 4) is 11.3 Å². The first-order valence-corrected chi connectivity index (χ1v) is 8.52. The Bertz CT molecular complexity index is 1270. The van der Waals surface area contributed by atoms with E-state index in [9.17, 15) is 14.0 Å². The first-order valence-electron chi connectivity index (χ1n) is 8.52. The molecule has 1 fully saturated rings. The molecule has 0 aliphatic heterocycles. The van der Waals surface area contributed by atoms with Crippen molar-refractivity contribution in [2.45, 2.75) is 18.3 Å². The Morgan fingerprint density at radius 3 is 2.74 bits per heavy atom. The van der Waals surface area contributed by atoms with E-state index < -0.39 is 11.2 Å². The van der Waals surface area contributed by atoms with Crippen molar-refractivity contribution in [3.63, 3.8) is 0 Å². The van der Waals surface area contributed by atoms with Crippen LogP contribution >= 0.6 is 0 Å². The number of nitrogens with zero attached hydrogens (tertiary/aromatic N) is 3. The number of halogens is 1. The van der Waals surface area contributed by atoms with E-state index in [1.165, 1.54) is 18.3 Å². The number of H-pyrrole nitrogens is 2. The van der Waals surface area contributed by atoms with Gasteiger partial charge in [0.05, 0.1) is 11.3 Å². The van der Waals surface area contributed by atoms with Crippen molar-refractivity contribution in [1.29, 1.82) is 0 Å². The summed E-state index contributed by atoms with van der Waals surface area (Å²) in [5.74, 6) is 0.231. The van der Waals surface area contributed by atoms with Crippen LogP contribution in [0, 0.1) is 5.82 Å². The summed E-state index contributed by atoms with van der Waals surface area (Å²) in [7, 11) is 0. The minimum Gasteiger partial charge on any atom is -0.313 e. The molecule has 4 aromatic rings. The molecule has 1 aromatic carbocycles. The van der Waals surface area contributed by atoms with Crippen LogP contribution in [0.25, 0.3) is 16.9 Å². The number of hydrogen-bond donors (Lipinski definition) is 2. The number of fused-ring (bicyclic) bond motifs is 1. The van der Waals surface area contributed by atoms with Gasteiger partial charge in [0.15, 0.2) is 5.65 Å². The average Bonchev–Trinajstić information content (AvgIpc) is 3.30. The van der Waals surface area contributed by atoms with Crippen LogP contribution in [-0.2, 0) is 0 Å². The predicted octanol–water partition coefficient (Wildman–Crippen LogP) is 2.18. The lowest BCUT2D eigenvalue weighted by Gasteiger charge is -2.07. The van der Waals surface area contributed by atoms with E-state index in [0.29, 0.717) is 5.69 Å². The Morgan fingerprint density at radius 1 is 1.15 bits per heavy atom. The molecule has 3 aromatic heterocycles. The van der Waals surface area contributed by atoms with Crippen LogP contribution < -0.4 is 11.2 Å². The topological polar surface area (TPSA) is 95.9 Å². The summed E-state index contributed by atoms with van der Waals surface area (Å²) in [5, 5.41) is 4.44. The van der Waals surface area contributed by atoms with Crippen molar-refractivity contribution in [1.82, 2.24) is 24.6 Å². The Labute approximate surface area is 151 Å². The molecule has 3 heterocycles. The van der Waals surface area contributed by atoms with Gasteiger partial charge in [0.1, 0.15) is 5.82 Å². The number of aromatic amines is 2. The molecular weight excluding hydrogens is 349 g/mol. The fourth-order valence-electron chi connectivity index (χ4n) is 3.56. The number of aromatic nitrogens is 5. The molecule has 7 nitrogen and oxygen atoms in total. The van der Waals surface area contributed by atoms with Crippen LogP contribution in [0.2, 0.25) is 0 Å². The largest absolute Gasteiger partial charge is 0.325 e. The fraction of sp³-hybridized carbons (Fsp3) is 0.158. The fourth-order valence-corrected chi connectivity index (χ4v) is 3.56. The van der Waals surface area contributed by atoms with Gasteiger partial charge in [0.2, 0.25) is 0 Å². The highest BCUT2D eigenvalue weighted by Gasteiger charge is 2.41. The predicted molar refractivity (Wildman–Crippen MR) is 96.2 cm³/mol. The second-order valence-electron chi connectivity index (χ2n) is 6.67. The van der Waals surface area contributed by atoms with Crippen LogP contribution in [0.15, 0.2) is 58.5 Å². The van der Waals surface area contributed by atoms with Crippen LogP contribution in [0.5, 0.6) is 0 Å². The lowest BCUT2D eigenvalue weighted by Crippen LogP contribution is -2.23. The molecule has 0 bridgehead atoms. The summed E-state index contributed by atoms with van der Waals surface area (Å²) in [5.41, 5.74) is 2.46. The van der Waals surface area contributed by atoms with Gasteiger partial charge < -0.3 is 4.98 Å². The molecule has 0 saturated heterocycles. The summed E-state index contributed by atoms with van der Waals surface area (Å²) in [6.45, 7) is 0. The molecule has 2 atom stereocenters. The van der Waals surface area contributed by atoms with Crippen molar-refractivity contribution in [2.75, 3.05) is 0 Å². The Balaban J connectivity index is 1.60. The van der Waals surface area contributed by atoms with Gasteiger partial charge in [0.25, 0.3) is 5.56 Å². The van der Waals surface area contributed by atoms with Crippen molar-refractivity contribution in [3.05, 3.63) is 86.7 Å². The smallest absolute Gasteiger partial charge is 0.313 e. The third-order valence-corrected chi connectivity index (χ3v) is 4.97. The quantitative estimate of drug-likeness (QED) is 0.583. The molecule has 5 rings (SSSR count). The van der Waals surface area contributed by atoms with E-state index in [1.807, 2.05) is 6.07 Å². The maximum atomic E-state index is 13.2. The minimum absolute atomic E-state index is 0.212. The maximum Gasteiger partial charge on any atom is 0.325 e. The minimum atomic E-state index is -0.564. The first-order chi connectivity index (χ1) is 13.1. The van der Waals surface area contributed by atoms with Crippen LogP contribution in [0.4, 0.5) is 4.39 Å². The Morgan fingerprint density at radius 2 is 1.96 bits per heavy atom. The molecule has 2 unspecified atom stereocenters. The third-order valence-electron chi connectivity index (χ3n) is 4.97. The van der Waals surface area contributed by atoms with E-state index in [-0.39, 0.29) is 23.2 Å². The molecule has 1 aliphatic carbocycles. The maximum absolute atomic E-state index is 13.2. The van der Waals surface area contributed by atoms with Gasteiger partial charge in [-0.25, -0.2) is 18.7 Å². The molecule has 27 heavy (non-hydrogen) atoms. The molecule has 1 aliphatic rings. The molecule has 134 valence electrons. The summed E-state index contributed by atoms with van der Waals surface area (Å²) in [4.78, 5) is 32.5. The van der Waals surface area contributed by atoms with Crippen LogP contribution in [0.1, 0.15) is 29.4 Å². The zero-order valence-corrected chi connectivity index (χ0v) is 14.0. The van der Waals surface area contributed by atoms with E-state index in [4.69, 9.17) is 0 Å². The summed E-state index contributed by atoms with van der Waals surface area (Å²) >= 11 is 0. The van der Waals surface area contributed by atoms with E-state index in [2.05, 4.69) is 20.1 Å². The number of hydrogen-bond acceptors (Lipinski definition) is 4. The molecule has 1 saturated carbocycles. The second-order valence-corrected chi connectivity index (χ2v) is 6.67. The molecule has 8 heteroatoms. The second kappa shape index (κ2) is 5.73. The normalized spacial score (nSPS) is 18.7. The van der Waals surface area contributed by atoms with E-state index in [1.54, 1.807) is 29.0 Å². The van der Waals surface area contributed by atoms with Crippen molar-refractivity contribution < 1.29 is 4.39 Å². The number of nitrogens with one attached hydrogen (secondary N) is 2. The lowest BCUT2D eigenvalue weighted by atomic mass is 10.0. The van der Waals surface area contributed by atoms with Crippen LogP contribution in [0.3, 0.4) is 0 Å². The SMILES string of the molecule is O=c1[nH]cc(-c2cc(C3CC3c3ccc(F)cc3)c3nccn3n2)c(=O)[nH]1. The first kappa shape index (κ1) is 15.7. The van der Waals surface area contributed by atoms with Gasteiger partial charge in [-0.2, -0.15) is 5.10 Å². The monoisotopic (exact) mass is 363 g/mol. The van der Waals surface area contributed by atoms with E-state index in [0.717, 1.165) is 23.2 Å².